The van der Waals surface area contributed by atoms with Crippen LogP contribution >= 0.6 is 27.7 Å². The molecule has 4 aromatic rings. The van der Waals surface area contributed by atoms with Gasteiger partial charge in [-0.25, -0.2) is 9.59 Å². The Bertz CT molecular complexity index is 1600. The van der Waals surface area contributed by atoms with Crippen molar-refractivity contribution < 1.29 is 19.2 Å². The van der Waals surface area contributed by atoms with Crippen molar-refractivity contribution in [2.24, 2.45) is 0 Å². The van der Waals surface area contributed by atoms with Gasteiger partial charge in [0.05, 0.1) is 34.0 Å². The van der Waals surface area contributed by atoms with Crippen LogP contribution in [0.1, 0.15) is 52.6 Å². The van der Waals surface area contributed by atoms with Gasteiger partial charge >= 0.3 is 11.8 Å². The van der Waals surface area contributed by atoms with Gasteiger partial charge in [-0.3, -0.25) is 14.9 Å². The number of carbonyl (C=O) groups is 4. The van der Waals surface area contributed by atoms with E-state index in [4.69, 9.17) is 0 Å². The van der Waals surface area contributed by atoms with Crippen molar-refractivity contribution in [2.45, 2.75) is 11.9 Å². The Kier molecular flexibility index (Phi) is 4.60. The van der Waals surface area contributed by atoms with Gasteiger partial charge in [0.1, 0.15) is 17.6 Å². The number of alkyl halides is 1. The normalized spacial score (nSPS) is 19.0. The average Bonchev–Trinajstić information content (AvgIpc) is 3.49. The molecule has 8 nitrogen and oxygen atoms in total. The highest BCUT2D eigenvalue weighted by atomic mass is 79.9. The predicted octanol–water partition coefficient (Wildman–Crippen LogP) is 3.97. The molecular weight excluding hydrogens is 520 g/mol. The van der Waals surface area contributed by atoms with Crippen molar-refractivity contribution >= 4 is 68.0 Å². The number of hydrogen-bond acceptors (Lipinski definition) is 7. The summed E-state index contributed by atoms with van der Waals surface area (Å²) >= 11 is 4.47. The summed E-state index contributed by atoms with van der Waals surface area (Å²) in [5.74, 6) is -1.66. The molecule has 1 N–H and O–H groups in total. The van der Waals surface area contributed by atoms with Gasteiger partial charge in [-0.05, 0) is 35.9 Å². The summed E-state index contributed by atoms with van der Waals surface area (Å²) in [5, 5.41) is 2.82. The number of hydrogen-bond donors (Lipinski definition) is 1. The minimum absolute atomic E-state index is 0.0200. The SMILES string of the molecule is O=C1NC(=O)c2cc(C[N+]3(c4ccc5nsnc5c4)C(=O)c4ccc(CBr)cc4C3=O)ccc21. The molecule has 0 radical (unpaired) electrons. The molecule has 10 heteroatoms. The number of benzene rings is 3. The fourth-order valence-corrected chi connectivity index (χ4v) is 5.47. The Morgan fingerprint density at radius 2 is 1.41 bits per heavy atom. The maximum Gasteiger partial charge on any atom is 0.359 e. The molecule has 0 saturated carbocycles. The molecule has 2 aliphatic rings. The van der Waals surface area contributed by atoms with Crippen LogP contribution in [0.3, 0.4) is 0 Å². The number of fused-ring (bicyclic) bond motifs is 3. The second kappa shape index (κ2) is 7.45. The number of aromatic nitrogens is 2. The van der Waals surface area contributed by atoms with E-state index in [-0.39, 0.29) is 29.5 Å². The first kappa shape index (κ1) is 21.0. The maximum atomic E-state index is 14.0. The topological polar surface area (TPSA) is 106 Å². The molecule has 3 heterocycles. The van der Waals surface area contributed by atoms with E-state index in [1.54, 1.807) is 48.5 Å². The van der Waals surface area contributed by atoms with Gasteiger partial charge in [-0.1, -0.05) is 28.1 Å². The van der Waals surface area contributed by atoms with E-state index in [9.17, 15) is 19.2 Å². The third-order valence-corrected chi connectivity index (χ3v) is 7.49. The largest absolute Gasteiger partial charge is 0.359 e. The minimum atomic E-state index is -0.608. The van der Waals surface area contributed by atoms with E-state index < -0.39 is 16.3 Å². The van der Waals surface area contributed by atoms with Crippen molar-refractivity contribution in [1.82, 2.24) is 18.5 Å². The summed E-state index contributed by atoms with van der Waals surface area (Å²) in [4.78, 5) is 52.1. The van der Waals surface area contributed by atoms with Crippen LogP contribution in [-0.2, 0) is 11.9 Å². The second-order valence-corrected chi connectivity index (χ2v) is 9.28. The van der Waals surface area contributed by atoms with E-state index in [0.717, 1.165) is 17.3 Å². The molecule has 0 fully saturated rings. The van der Waals surface area contributed by atoms with Crippen molar-refractivity contribution in [2.75, 3.05) is 0 Å². The van der Waals surface area contributed by atoms with Crippen LogP contribution in [-0.4, -0.2) is 32.4 Å². The highest BCUT2D eigenvalue weighted by Crippen LogP contribution is 2.40. The van der Waals surface area contributed by atoms with Crippen LogP contribution in [0.15, 0.2) is 54.6 Å². The Morgan fingerprint density at radius 3 is 2.24 bits per heavy atom. The van der Waals surface area contributed by atoms with Crippen LogP contribution in [0.5, 0.6) is 0 Å². The summed E-state index contributed by atoms with van der Waals surface area (Å²) in [5.41, 5.74) is 4.41. The molecule has 1 atom stereocenters. The second-order valence-electron chi connectivity index (χ2n) is 8.19. The monoisotopic (exact) mass is 533 g/mol. The molecule has 3 aromatic carbocycles. The average molecular weight is 534 g/mol. The molecule has 2 aliphatic heterocycles. The van der Waals surface area contributed by atoms with Crippen molar-refractivity contribution in [3.05, 3.63) is 88.0 Å². The van der Waals surface area contributed by atoms with Gasteiger partial charge < -0.3 is 0 Å². The van der Waals surface area contributed by atoms with E-state index in [1.807, 2.05) is 6.07 Å². The third-order valence-electron chi connectivity index (χ3n) is 6.29. The Balaban J connectivity index is 1.55. The van der Waals surface area contributed by atoms with Gasteiger partial charge in [0.15, 0.2) is 5.69 Å². The van der Waals surface area contributed by atoms with Gasteiger partial charge in [0, 0.05) is 23.0 Å². The quantitative estimate of drug-likeness (QED) is 0.241. The molecule has 4 amide bonds. The van der Waals surface area contributed by atoms with Crippen molar-refractivity contribution in [3.8, 4) is 0 Å². The molecule has 0 spiro atoms. The van der Waals surface area contributed by atoms with E-state index in [2.05, 4.69) is 30.0 Å². The zero-order chi connectivity index (χ0) is 23.6. The molecule has 6 rings (SSSR count). The first-order valence-corrected chi connectivity index (χ1v) is 12.2. The van der Waals surface area contributed by atoms with Crippen LogP contribution < -0.4 is 9.80 Å². The lowest BCUT2D eigenvalue weighted by Gasteiger charge is -2.28. The van der Waals surface area contributed by atoms with Crippen molar-refractivity contribution in [1.29, 1.82) is 0 Å². The lowest BCUT2D eigenvalue weighted by atomic mass is 10.0. The van der Waals surface area contributed by atoms with Gasteiger partial charge in [0.2, 0.25) is 0 Å². The number of nitrogens with one attached hydrogen (secondary N) is 1. The molecule has 1 unspecified atom stereocenters. The summed E-state index contributed by atoms with van der Waals surface area (Å²) in [6.45, 7) is -0.0200. The number of halogens is 1. The third kappa shape index (κ3) is 2.86. The van der Waals surface area contributed by atoms with Crippen molar-refractivity contribution in [3.63, 3.8) is 0 Å². The number of quaternary nitrogens is 1. The fraction of sp³-hybridized carbons (Fsp3) is 0.0833. The molecule has 0 bridgehead atoms. The molecule has 166 valence electrons. The van der Waals surface area contributed by atoms with Gasteiger partial charge in [0.25, 0.3) is 11.8 Å². The maximum absolute atomic E-state index is 14.0. The number of carbonyl (C=O) groups excluding carboxylic acids is 4. The smallest absolute Gasteiger partial charge is 0.288 e. The lowest BCUT2D eigenvalue weighted by molar-refractivity contribution is 0.0648. The molecule has 1 aromatic heterocycles. The standard InChI is InChI=1S/C24H13BrN4O4S/c25-10-12-1-5-16-18(7-12)24(33)29(23(16)32,14-3-6-19-20(9-14)28-34-27-19)11-13-2-4-15-17(8-13)22(31)26-21(15)30/h1-9H,10-11H2/p+1. The fourth-order valence-electron chi connectivity index (χ4n) is 4.61. The van der Waals surface area contributed by atoms with Gasteiger partial charge in [-0.2, -0.15) is 13.2 Å². The summed E-state index contributed by atoms with van der Waals surface area (Å²) in [6.07, 6.45) is 0. The molecule has 34 heavy (non-hydrogen) atoms. The summed E-state index contributed by atoms with van der Waals surface area (Å²) in [6, 6.07) is 15.2. The molecule has 0 aliphatic carbocycles. The lowest BCUT2D eigenvalue weighted by Crippen LogP contribution is -2.53. The van der Waals surface area contributed by atoms with Gasteiger partial charge in [-0.15, -0.1) is 0 Å². The number of amides is 4. The number of nitrogens with zero attached hydrogens (tertiary/aromatic N) is 3. The Labute approximate surface area is 205 Å². The highest BCUT2D eigenvalue weighted by molar-refractivity contribution is 9.08. The summed E-state index contributed by atoms with van der Waals surface area (Å²) in [7, 11) is 0. The predicted molar refractivity (Wildman–Crippen MR) is 129 cm³/mol. The zero-order valence-corrected chi connectivity index (χ0v) is 19.8. The Morgan fingerprint density at radius 1 is 0.735 bits per heavy atom. The van der Waals surface area contributed by atoms with E-state index in [0.29, 0.717) is 38.7 Å². The number of imide groups is 2. The Hall–Kier alpha value is -3.60. The van der Waals surface area contributed by atoms with Crippen LogP contribution in [0, 0.1) is 0 Å². The van der Waals surface area contributed by atoms with E-state index >= 15 is 0 Å². The first-order valence-electron chi connectivity index (χ1n) is 10.3. The number of rotatable bonds is 4. The van der Waals surface area contributed by atoms with E-state index in [1.165, 1.54) is 0 Å². The molecular formula is C24H14BrN4O4S+. The zero-order valence-electron chi connectivity index (χ0n) is 17.4. The minimum Gasteiger partial charge on any atom is -0.288 e. The first-order chi connectivity index (χ1) is 16.4. The van der Waals surface area contributed by atoms with Crippen LogP contribution in [0.2, 0.25) is 0 Å². The summed E-state index contributed by atoms with van der Waals surface area (Å²) < 4.78 is 7.89. The van der Waals surface area contributed by atoms with Crippen LogP contribution in [0.4, 0.5) is 5.69 Å². The molecule has 0 saturated heterocycles. The highest BCUT2D eigenvalue weighted by Gasteiger charge is 2.56. The van der Waals surface area contributed by atoms with Crippen LogP contribution in [0.25, 0.3) is 11.0 Å².